The maximum atomic E-state index is 12.6. The molecule has 0 spiro atoms. The number of methoxy groups -OCH3 is 1. The molecule has 0 saturated carbocycles. The number of pyridine rings is 1. The largest absolute Gasteiger partial charge is 0.464 e. The van der Waals surface area contributed by atoms with E-state index < -0.39 is 23.7 Å². The van der Waals surface area contributed by atoms with Crippen molar-refractivity contribution >= 4 is 27.6 Å². The molecule has 0 aliphatic carbocycles. The summed E-state index contributed by atoms with van der Waals surface area (Å²) in [4.78, 5) is 14.8. The third kappa shape index (κ3) is 2.41. The van der Waals surface area contributed by atoms with Gasteiger partial charge in [-0.15, -0.1) is 0 Å². The van der Waals surface area contributed by atoms with Crippen LogP contribution in [0.4, 0.5) is 14.5 Å². The minimum Gasteiger partial charge on any atom is -0.464 e. The van der Waals surface area contributed by atoms with Gasteiger partial charge in [-0.25, -0.2) is 18.6 Å². The molecule has 0 unspecified atom stereocenters. The molecule has 1 rings (SSSR count). The van der Waals surface area contributed by atoms with E-state index in [1.165, 1.54) is 6.07 Å². The average Bonchev–Trinajstić information content (AvgIpc) is 2.14. The van der Waals surface area contributed by atoms with Crippen molar-refractivity contribution in [1.29, 1.82) is 0 Å². The van der Waals surface area contributed by atoms with Crippen LogP contribution in [0.15, 0.2) is 10.7 Å². The number of hydrogen-bond donors (Lipinski definition) is 1. The van der Waals surface area contributed by atoms with Gasteiger partial charge in [-0.2, -0.15) is 0 Å². The Bertz CT molecular complexity index is 398. The lowest BCUT2D eigenvalue weighted by atomic mass is 10.1. The molecule has 1 aromatic heterocycles. The second kappa shape index (κ2) is 4.52. The average molecular weight is 281 g/mol. The Morgan fingerprint density at radius 2 is 2.27 bits per heavy atom. The van der Waals surface area contributed by atoms with Crippen molar-refractivity contribution in [3.05, 3.63) is 21.9 Å². The van der Waals surface area contributed by atoms with Crippen molar-refractivity contribution in [2.24, 2.45) is 0 Å². The zero-order valence-corrected chi connectivity index (χ0v) is 9.22. The number of carbonyl (C=O) groups is 1. The van der Waals surface area contributed by atoms with Crippen LogP contribution in [0, 0.1) is 0 Å². The number of ether oxygens (including phenoxy) is 1. The summed E-state index contributed by atoms with van der Waals surface area (Å²) in [6.07, 6.45) is -2.88. The third-order valence-electron chi connectivity index (χ3n) is 1.66. The van der Waals surface area contributed by atoms with Crippen molar-refractivity contribution in [1.82, 2.24) is 4.98 Å². The number of carbonyl (C=O) groups excluding carboxylic acids is 1. The van der Waals surface area contributed by atoms with Gasteiger partial charge in [-0.05, 0) is 22.0 Å². The summed E-state index contributed by atoms with van der Waals surface area (Å²) in [5, 5.41) is 0. The number of nitrogen functional groups attached to an aromatic ring is 1. The fourth-order valence-electron chi connectivity index (χ4n) is 1.02. The van der Waals surface area contributed by atoms with E-state index in [-0.39, 0.29) is 10.3 Å². The van der Waals surface area contributed by atoms with Gasteiger partial charge in [0.15, 0.2) is 5.69 Å². The Kier molecular flexibility index (Phi) is 3.57. The molecule has 0 amide bonds. The maximum absolute atomic E-state index is 12.6. The number of nitrogens with two attached hydrogens (primary N) is 1. The molecule has 0 saturated heterocycles. The standard InChI is InChI=1S/C8H7BrF2N2O2/c1-15-8(14)6-5(7(10)11)3(12)2-4(9)13-6/h2,7H,1H3,(H2,12,13). The van der Waals surface area contributed by atoms with Crippen LogP contribution < -0.4 is 5.73 Å². The Morgan fingerprint density at radius 3 is 2.73 bits per heavy atom. The molecule has 0 aliphatic rings. The summed E-state index contributed by atoms with van der Waals surface area (Å²) in [6.45, 7) is 0. The first-order chi connectivity index (χ1) is 6.97. The van der Waals surface area contributed by atoms with Gasteiger partial charge in [0.2, 0.25) is 0 Å². The molecule has 15 heavy (non-hydrogen) atoms. The summed E-state index contributed by atoms with van der Waals surface area (Å²) in [5.41, 5.74) is 4.08. The third-order valence-corrected chi connectivity index (χ3v) is 2.06. The fourth-order valence-corrected chi connectivity index (χ4v) is 1.45. The lowest BCUT2D eigenvalue weighted by molar-refractivity contribution is 0.0581. The van der Waals surface area contributed by atoms with Crippen molar-refractivity contribution < 1.29 is 18.3 Å². The van der Waals surface area contributed by atoms with Gasteiger partial charge < -0.3 is 10.5 Å². The number of aromatic nitrogens is 1. The lowest BCUT2D eigenvalue weighted by Gasteiger charge is -2.09. The van der Waals surface area contributed by atoms with Crippen LogP contribution in [0.5, 0.6) is 0 Å². The van der Waals surface area contributed by atoms with Gasteiger partial charge >= 0.3 is 5.97 Å². The summed E-state index contributed by atoms with van der Waals surface area (Å²) in [6, 6.07) is 1.20. The highest BCUT2D eigenvalue weighted by molar-refractivity contribution is 9.10. The van der Waals surface area contributed by atoms with Crippen LogP contribution in [-0.4, -0.2) is 18.1 Å². The number of halogens is 3. The van der Waals surface area contributed by atoms with Gasteiger partial charge in [-0.3, -0.25) is 0 Å². The van der Waals surface area contributed by atoms with Crippen molar-refractivity contribution in [2.75, 3.05) is 12.8 Å². The Morgan fingerprint density at radius 1 is 1.67 bits per heavy atom. The molecule has 0 aliphatic heterocycles. The minimum absolute atomic E-state index is 0.199. The molecule has 0 atom stereocenters. The van der Waals surface area contributed by atoms with Gasteiger partial charge in [-0.1, -0.05) is 0 Å². The van der Waals surface area contributed by atoms with Crippen LogP contribution in [0.3, 0.4) is 0 Å². The molecule has 0 radical (unpaired) electrons. The van der Waals surface area contributed by atoms with E-state index in [1.54, 1.807) is 0 Å². The van der Waals surface area contributed by atoms with Crippen LogP contribution >= 0.6 is 15.9 Å². The smallest absolute Gasteiger partial charge is 0.357 e. The summed E-state index contributed by atoms with van der Waals surface area (Å²) < 4.78 is 29.7. The first kappa shape index (κ1) is 11.8. The van der Waals surface area contributed by atoms with Gasteiger partial charge in [0.1, 0.15) is 4.60 Å². The van der Waals surface area contributed by atoms with Gasteiger partial charge in [0.25, 0.3) is 6.43 Å². The van der Waals surface area contributed by atoms with Crippen LogP contribution in [0.2, 0.25) is 0 Å². The second-order valence-corrected chi connectivity index (χ2v) is 3.40. The van der Waals surface area contributed by atoms with E-state index >= 15 is 0 Å². The topological polar surface area (TPSA) is 65.2 Å². The highest BCUT2D eigenvalue weighted by atomic mass is 79.9. The monoisotopic (exact) mass is 280 g/mol. The molecule has 0 aromatic carbocycles. The van der Waals surface area contributed by atoms with E-state index in [4.69, 9.17) is 5.73 Å². The van der Waals surface area contributed by atoms with E-state index in [0.29, 0.717) is 0 Å². The normalized spacial score (nSPS) is 10.5. The first-order valence-electron chi connectivity index (χ1n) is 3.79. The van der Waals surface area contributed by atoms with Crippen molar-refractivity contribution in [3.63, 3.8) is 0 Å². The predicted molar refractivity (Wildman–Crippen MR) is 52.6 cm³/mol. The molecular weight excluding hydrogens is 274 g/mol. The molecule has 2 N–H and O–H groups in total. The predicted octanol–water partition coefficient (Wildman–Crippen LogP) is 2.15. The minimum atomic E-state index is -2.88. The number of nitrogens with zero attached hydrogens (tertiary/aromatic N) is 1. The van der Waals surface area contributed by atoms with E-state index in [9.17, 15) is 13.6 Å². The highest BCUT2D eigenvalue weighted by Gasteiger charge is 2.24. The SMILES string of the molecule is COC(=O)c1nc(Br)cc(N)c1C(F)F. The van der Waals surface area contributed by atoms with E-state index in [1.807, 2.05) is 0 Å². The first-order valence-corrected chi connectivity index (χ1v) is 4.59. The number of hydrogen-bond acceptors (Lipinski definition) is 4. The maximum Gasteiger partial charge on any atom is 0.357 e. The molecule has 1 heterocycles. The second-order valence-electron chi connectivity index (χ2n) is 2.59. The molecule has 4 nitrogen and oxygen atoms in total. The number of anilines is 1. The molecule has 1 aromatic rings. The quantitative estimate of drug-likeness (QED) is 0.666. The molecule has 0 fully saturated rings. The zero-order valence-electron chi connectivity index (χ0n) is 7.63. The van der Waals surface area contributed by atoms with Crippen LogP contribution in [0.25, 0.3) is 0 Å². The highest BCUT2D eigenvalue weighted by Crippen LogP contribution is 2.29. The number of rotatable bonds is 2. The zero-order chi connectivity index (χ0) is 11.6. The van der Waals surface area contributed by atoms with Crippen LogP contribution in [0.1, 0.15) is 22.5 Å². The summed E-state index contributed by atoms with van der Waals surface area (Å²) >= 11 is 2.95. The van der Waals surface area contributed by atoms with Gasteiger partial charge in [0, 0.05) is 5.69 Å². The van der Waals surface area contributed by atoms with Crippen LogP contribution in [-0.2, 0) is 4.74 Å². The lowest BCUT2D eigenvalue weighted by Crippen LogP contribution is -2.11. The van der Waals surface area contributed by atoms with Gasteiger partial charge in [0.05, 0.1) is 12.7 Å². The van der Waals surface area contributed by atoms with E-state index in [2.05, 4.69) is 25.7 Å². The Balaban J connectivity index is 3.40. The van der Waals surface area contributed by atoms with E-state index in [0.717, 1.165) is 7.11 Å². The molecular formula is C8H7BrF2N2O2. The number of esters is 1. The Hall–Kier alpha value is -1.24. The molecule has 7 heteroatoms. The molecule has 82 valence electrons. The van der Waals surface area contributed by atoms with Crippen molar-refractivity contribution in [3.8, 4) is 0 Å². The fraction of sp³-hybridized carbons (Fsp3) is 0.250. The Labute approximate surface area is 92.6 Å². The number of alkyl halides is 2. The van der Waals surface area contributed by atoms with Crippen molar-refractivity contribution in [2.45, 2.75) is 6.43 Å². The summed E-state index contributed by atoms with van der Waals surface area (Å²) in [7, 11) is 1.08. The summed E-state index contributed by atoms with van der Waals surface area (Å²) in [5.74, 6) is -0.946. The molecule has 0 bridgehead atoms.